The van der Waals surface area contributed by atoms with Crippen LogP contribution in [0.25, 0.3) is 0 Å². The van der Waals surface area contributed by atoms with E-state index in [0.717, 1.165) is 0 Å². The number of aliphatic hydroxyl groups excluding tert-OH is 2. The Balaban J connectivity index is 5.38. The van der Waals surface area contributed by atoms with E-state index in [0.29, 0.717) is 6.42 Å². The van der Waals surface area contributed by atoms with Crippen LogP contribution < -0.4 is 21.7 Å². The van der Waals surface area contributed by atoms with Gasteiger partial charge in [0, 0.05) is 0 Å². The van der Waals surface area contributed by atoms with Crippen LogP contribution in [-0.2, 0) is 19.2 Å². The first-order chi connectivity index (χ1) is 14.2. The predicted molar refractivity (Wildman–Crippen MR) is 114 cm³/mol. The molecule has 0 heterocycles. The van der Waals surface area contributed by atoms with Crippen molar-refractivity contribution in [3.63, 3.8) is 0 Å². The molecule has 0 aliphatic rings. The van der Waals surface area contributed by atoms with Gasteiger partial charge in [-0.3, -0.25) is 14.4 Å². The standard InChI is InChI=1S/C20H38N4O7/c1-7-10(4)14(21)17(27)23-16(12(6)26)19(29)24-15(11(5)25)18(28)22-13(20(30)31)8-9(2)3/h9-16,25-26H,7-8,21H2,1-6H3,(H,22,28)(H,23,27)(H,24,29)(H,30,31). The van der Waals surface area contributed by atoms with Crippen molar-refractivity contribution >= 4 is 23.7 Å². The summed E-state index contributed by atoms with van der Waals surface area (Å²) < 4.78 is 0. The number of carboxylic acids is 1. The van der Waals surface area contributed by atoms with E-state index >= 15 is 0 Å². The maximum atomic E-state index is 12.7. The Morgan fingerprint density at radius 1 is 0.806 bits per heavy atom. The second-order valence-electron chi connectivity index (χ2n) is 8.39. The van der Waals surface area contributed by atoms with Crippen molar-refractivity contribution in [2.24, 2.45) is 17.6 Å². The molecule has 0 aromatic carbocycles. The summed E-state index contributed by atoms with van der Waals surface area (Å²) in [7, 11) is 0. The van der Waals surface area contributed by atoms with E-state index in [1.54, 1.807) is 20.8 Å². The molecule has 0 bridgehead atoms. The normalized spacial score (nSPS) is 18.1. The lowest BCUT2D eigenvalue weighted by molar-refractivity contribution is -0.143. The zero-order valence-corrected chi connectivity index (χ0v) is 19.1. The minimum Gasteiger partial charge on any atom is -0.480 e. The molecular formula is C20H38N4O7. The van der Waals surface area contributed by atoms with Gasteiger partial charge in [0.1, 0.15) is 18.1 Å². The highest BCUT2D eigenvalue weighted by molar-refractivity contribution is 5.94. The first kappa shape index (κ1) is 28.8. The first-order valence-electron chi connectivity index (χ1n) is 10.5. The maximum absolute atomic E-state index is 12.7. The molecule has 11 nitrogen and oxygen atoms in total. The van der Waals surface area contributed by atoms with Gasteiger partial charge in [0.05, 0.1) is 18.2 Å². The molecule has 0 saturated carbocycles. The van der Waals surface area contributed by atoms with E-state index in [2.05, 4.69) is 16.0 Å². The summed E-state index contributed by atoms with van der Waals surface area (Å²) in [5.74, 6) is -3.89. The molecule has 0 fully saturated rings. The fourth-order valence-corrected chi connectivity index (χ4v) is 2.77. The summed E-state index contributed by atoms with van der Waals surface area (Å²) in [5.41, 5.74) is 5.86. The van der Waals surface area contributed by atoms with E-state index in [9.17, 15) is 34.5 Å². The van der Waals surface area contributed by atoms with Gasteiger partial charge < -0.3 is 37.0 Å². The third-order valence-corrected chi connectivity index (χ3v) is 5.01. The average Bonchev–Trinajstić information content (AvgIpc) is 2.66. The fraction of sp³-hybridized carbons (Fsp3) is 0.800. The SMILES string of the molecule is CCC(C)C(N)C(=O)NC(C(=O)NC(C(=O)NC(CC(C)C)C(=O)O)C(C)O)C(C)O. The Kier molecular flexibility index (Phi) is 12.3. The van der Waals surface area contributed by atoms with E-state index in [4.69, 9.17) is 5.73 Å². The number of hydrogen-bond donors (Lipinski definition) is 7. The van der Waals surface area contributed by atoms with Crippen LogP contribution in [0.3, 0.4) is 0 Å². The third kappa shape index (κ3) is 9.62. The second-order valence-corrected chi connectivity index (χ2v) is 8.39. The Morgan fingerprint density at radius 3 is 1.58 bits per heavy atom. The molecule has 0 radical (unpaired) electrons. The molecule has 0 aromatic heterocycles. The molecule has 0 aliphatic carbocycles. The zero-order valence-electron chi connectivity index (χ0n) is 19.1. The Hall–Kier alpha value is -2.24. The molecule has 7 unspecified atom stereocenters. The number of rotatable bonds is 13. The largest absolute Gasteiger partial charge is 0.480 e. The van der Waals surface area contributed by atoms with Gasteiger partial charge in [-0.2, -0.15) is 0 Å². The number of amides is 3. The summed E-state index contributed by atoms with van der Waals surface area (Å²) in [6.45, 7) is 9.72. The molecule has 7 atom stereocenters. The maximum Gasteiger partial charge on any atom is 0.326 e. The Bertz CT molecular complexity index is 625. The fourth-order valence-electron chi connectivity index (χ4n) is 2.77. The number of aliphatic hydroxyl groups is 2. The van der Waals surface area contributed by atoms with Gasteiger partial charge in [0.15, 0.2) is 0 Å². The van der Waals surface area contributed by atoms with Crippen molar-refractivity contribution in [3.8, 4) is 0 Å². The van der Waals surface area contributed by atoms with Gasteiger partial charge in [0.2, 0.25) is 17.7 Å². The smallest absolute Gasteiger partial charge is 0.326 e. The van der Waals surface area contributed by atoms with Crippen LogP contribution in [0.1, 0.15) is 54.4 Å². The molecule has 0 saturated heterocycles. The summed E-state index contributed by atoms with van der Waals surface area (Å²) in [4.78, 5) is 48.9. The predicted octanol–water partition coefficient (Wildman–Crippen LogP) is -1.29. The number of nitrogens with one attached hydrogen (secondary N) is 3. The number of aliphatic carboxylic acids is 1. The topological polar surface area (TPSA) is 191 Å². The van der Waals surface area contributed by atoms with E-state index in [1.165, 1.54) is 13.8 Å². The summed E-state index contributed by atoms with van der Waals surface area (Å²) in [6, 6.07) is -5.03. The van der Waals surface area contributed by atoms with Crippen LogP contribution in [0.4, 0.5) is 0 Å². The summed E-state index contributed by atoms with van der Waals surface area (Å²) in [5, 5.41) is 36.2. The molecule has 0 spiro atoms. The number of hydrogen-bond acceptors (Lipinski definition) is 7. The average molecular weight is 447 g/mol. The van der Waals surface area contributed by atoms with E-state index in [-0.39, 0.29) is 18.3 Å². The van der Waals surface area contributed by atoms with Crippen LogP contribution in [0.2, 0.25) is 0 Å². The van der Waals surface area contributed by atoms with Crippen LogP contribution in [-0.4, -0.2) is 75.4 Å². The zero-order chi connectivity index (χ0) is 24.5. The van der Waals surface area contributed by atoms with Crippen molar-refractivity contribution in [3.05, 3.63) is 0 Å². The van der Waals surface area contributed by atoms with Crippen LogP contribution in [0.5, 0.6) is 0 Å². The first-order valence-corrected chi connectivity index (χ1v) is 10.5. The van der Waals surface area contributed by atoms with Gasteiger partial charge in [-0.1, -0.05) is 34.1 Å². The number of carbonyl (C=O) groups excluding carboxylic acids is 3. The monoisotopic (exact) mass is 446 g/mol. The summed E-state index contributed by atoms with van der Waals surface area (Å²) >= 11 is 0. The molecule has 11 heteroatoms. The van der Waals surface area contributed by atoms with Gasteiger partial charge in [-0.05, 0) is 32.1 Å². The third-order valence-electron chi connectivity index (χ3n) is 5.01. The molecule has 180 valence electrons. The number of carbonyl (C=O) groups is 4. The molecule has 0 aromatic rings. The van der Waals surface area contributed by atoms with E-state index in [1.807, 2.05) is 6.92 Å². The lowest BCUT2D eigenvalue weighted by atomic mass is 9.98. The lowest BCUT2D eigenvalue weighted by Crippen LogP contribution is -2.62. The minimum atomic E-state index is -1.50. The van der Waals surface area contributed by atoms with E-state index < -0.39 is 60.1 Å². The van der Waals surface area contributed by atoms with Crippen molar-refractivity contribution < 1.29 is 34.5 Å². The Labute approximate surface area is 183 Å². The van der Waals surface area contributed by atoms with Crippen LogP contribution in [0, 0.1) is 11.8 Å². The molecule has 0 rings (SSSR count). The van der Waals surface area contributed by atoms with Crippen molar-refractivity contribution in [1.29, 1.82) is 0 Å². The molecule has 31 heavy (non-hydrogen) atoms. The van der Waals surface area contributed by atoms with Crippen molar-refractivity contribution in [2.75, 3.05) is 0 Å². The van der Waals surface area contributed by atoms with Crippen LogP contribution in [0.15, 0.2) is 0 Å². The van der Waals surface area contributed by atoms with Gasteiger partial charge >= 0.3 is 5.97 Å². The molecule has 3 amide bonds. The highest BCUT2D eigenvalue weighted by Gasteiger charge is 2.34. The highest BCUT2D eigenvalue weighted by Crippen LogP contribution is 2.08. The van der Waals surface area contributed by atoms with Crippen LogP contribution >= 0.6 is 0 Å². The van der Waals surface area contributed by atoms with Crippen molar-refractivity contribution in [1.82, 2.24) is 16.0 Å². The molecular weight excluding hydrogens is 408 g/mol. The minimum absolute atomic E-state index is 0.0226. The molecule has 0 aliphatic heterocycles. The van der Waals surface area contributed by atoms with Crippen molar-refractivity contribution in [2.45, 2.75) is 90.8 Å². The van der Waals surface area contributed by atoms with Gasteiger partial charge in [-0.15, -0.1) is 0 Å². The van der Waals surface area contributed by atoms with Gasteiger partial charge in [0.25, 0.3) is 0 Å². The van der Waals surface area contributed by atoms with Gasteiger partial charge in [-0.25, -0.2) is 4.79 Å². The molecule has 8 N–H and O–H groups in total. The quantitative estimate of drug-likeness (QED) is 0.182. The number of nitrogens with two attached hydrogens (primary N) is 1. The summed E-state index contributed by atoms with van der Waals surface area (Å²) in [6.07, 6.45) is -1.91. The lowest BCUT2D eigenvalue weighted by Gasteiger charge is -2.28. The number of carboxylic acid groups (broad SMARTS) is 1. The second kappa shape index (κ2) is 13.2. The Morgan fingerprint density at radius 2 is 1.23 bits per heavy atom. The highest BCUT2D eigenvalue weighted by atomic mass is 16.4.